The number of hydrogen-bond donors (Lipinski definition) is 2. The van der Waals surface area contributed by atoms with Crippen LogP contribution in [-0.4, -0.2) is 37.5 Å². The van der Waals surface area contributed by atoms with Crippen LogP contribution in [0.1, 0.15) is 27.2 Å². The van der Waals surface area contributed by atoms with E-state index in [0.29, 0.717) is 18.6 Å². The summed E-state index contributed by atoms with van der Waals surface area (Å²) in [4.78, 5) is 0. The van der Waals surface area contributed by atoms with Gasteiger partial charge in [-0.15, -0.1) is 0 Å². The van der Waals surface area contributed by atoms with E-state index in [1.807, 2.05) is 0 Å². The van der Waals surface area contributed by atoms with Crippen LogP contribution in [0.15, 0.2) is 0 Å². The van der Waals surface area contributed by atoms with Crippen LogP contribution >= 0.6 is 0 Å². The van der Waals surface area contributed by atoms with Crippen LogP contribution in [0.25, 0.3) is 0 Å². The Morgan fingerprint density at radius 2 is 1.92 bits per heavy atom. The maximum absolute atomic E-state index is 9.00. The second-order valence-electron chi connectivity index (χ2n) is 4.03. The first-order valence-electron chi connectivity index (χ1n) is 4.96. The molecule has 0 saturated heterocycles. The molecular formula is C10H23NO2. The summed E-state index contributed by atoms with van der Waals surface area (Å²) >= 11 is 0. The third-order valence-corrected chi connectivity index (χ3v) is 1.93. The van der Waals surface area contributed by atoms with Gasteiger partial charge in [-0.25, -0.2) is 0 Å². The summed E-state index contributed by atoms with van der Waals surface area (Å²) < 4.78 is 4.98. The molecule has 3 heteroatoms. The van der Waals surface area contributed by atoms with E-state index in [0.717, 1.165) is 6.42 Å². The number of aliphatic hydroxyl groups is 1. The summed E-state index contributed by atoms with van der Waals surface area (Å²) in [6, 6.07) is 0.506. The van der Waals surface area contributed by atoms with Crippen LogP contribution in [0, 0.1) is 5.92 Å². The molecule has 0 radical (unpaired) electrons. The zero-order chi connectivity index (χ0) is 10.3. The third kappa shape index (κ3) is 6.99. The predicted octanol–water partition coefficient (Wildman–Crippen LogP) is 1.02. The quantitative estimate of drug-likeness (QED) is 0.628. The molecule has 3 nitrogen and oxygen atoms in total. The van der Waals surface area contributed by atoms with E-state index >= 15 is 0 Å². The van der Waals surface area contributed by atoms with Crippen molar-refractivity contribution in [3.8, 4) is 0 Å². The van der Waals surface area contributed by atoms with Gasteiger partial charge in [-0.05, 0) is 19.3 Å². The first-order chi connectivity index (χ1) is 6.10. The number of aliphatic hydroxyl groups excluding tert-OH is 1. The molecule has 0 amide bonds. The van der Waals surface area contributed by atoms with Crippen LogP contribution < -0.4 is 5.32 Å². The van der Waals surface area contributed by atoms with Crippen molar-refractivity contribution in [1.82, 2.24) is 5.32 Å². The first-order valence-corrected chi connectivity index (χ1v) is 4.96. The van der Waals surface area contributed by atoms with Gasteiger partial charge in [0.15, 0.2) is 0 Å². The fourth-order valence-corrected chi connectivity index (χ4v) is 1.53. The molecule has 2 atom stereocenters. The van der Waals surface area contributed by atoms with Crippen molar-refractivity contribution in [2.75, 3.05) is 20.3 Å². The van der Waals surface area contributed by atoms with E-state index in [-0.39, 0.29) is 12.6 Å². The van der Waals surface area contributed by atoms with Crippen LogP contribution in [-0.2, 0) is 4.74 Å². The number of nitrogens with one attached hydrogen (secondary N) is 1. The minimum Gasteiger partial charge on any atom is -0.395 e. The smallest absolute Gasteiger partial charge is 0.0638 e. The summed E-state index contributed by atoms with van der Waals surface area (Å²) in [5.41, 5.74) is 0. The monoisotopic (exact) mass is 189 g/mol. The molecule has 0 heterocycles. The van der Waals surface area contributed by atoms with Gasteiger partial charge >= 0.3 is 0 Å². The van der Waals surface area contributed by atoms with Crippen LogP contribution in [0.2, 0.25) is 0 Å². The van der Waals surface area contributed by atoms with Gasteiger partial charge in [0.2, 0.25) is 0 Å². The van der Waals surface area contributed by atoms with Gasteiger partial charge in [-0.1, -0.05) is 13.8 Å². The Morgan fingerprint density at radius 1 is 1.31 bits per heavy atom. The first kappa shape index (κ1) is 12.9. The number of ether oxygens (including phenoxy) is 1. The van der Waals surface area contributed by atoms with Gasteiger partial charge in [0.1, 0.15) is 0 Å². The maximum atomic E-state index is 9.00. The third-order valence-electron chi connectivity index (χ3n) is 1.93. The van der Waals surface area contributed by atoms with Crippen molar-refractivity contribution in [2.45, 2.75) is 39.3 Å². The second-order valence-corrected chi connectivity index (χ2v) is 4.03. The molecule has 0 fully saturated rings. The van der Waals surface area contributed by atoms with E-state index < -0.39 is 0 Å². The number of rotatable bonds is 7. The van der Waals surface area contributed by atoms with Crippen LogP contribution in [0.4, 0.5) is 0 Å². The number of hydrogen-bond acceptors (Lipinski definition) is 3. The zero-order valence-corrected chi connectivity index (χ0v) is 9.21. The Labute approximate surface area is 81.5 Å². The lowest BCUT2D eigenvalue weighted by atomic mass is 10.0. The molecule has 0 aromatic rings. The SMILES string of the molecule is COCC(CO)NC(C)CC(C)C. The van der Waals surface area contributed by atoms with Gasteiger partial charge < -0.3 is 15.2 Å². The predicted molar refractivity (Wildman–Crippen MR) is 54.8 cm³/mol. The highest BCUT2D eigenvalue weighted by molar-refractivity contribution is 4.71. The van der Waals surface area contributed by atoms with Crippen molar-refractivity contribution in [3.05, 3.63) is 0 Å². The summed E-state index contributed by atoms with van der Waals surface area (Å²) in [5, 5.41) is 12.3. The Balaban J connectivity index is 3.65. The standard InChI is InChI=1S/C10H23NO2/c1-8(2)5-9(3)11-10(6-12)7-13-4/h8-12H,5-7H2,1-4H3. The molecule has 0 bridgehead atoms. The summed E-state index contributed by atoms with van der Waals surface area (Å²) in [6.45, 7) is 7.23. The van der Waals surface area contributed by atoms with Crippen LogP contribution in [0.3, 0.4) is 0 Å². The molecule has 0 spiro atoms. The van der Waals surface area contributed by atoms with Crippen LogP contribution in [0.5, 0.6) is 0 Å². The number of methoxy groups -OCH3 is 1. The molecule has 2 unspecified atom stereocenters. The summed E-state index contributed by atoms with van der Waals surface area (Å²) in [5.74, 6) is 0.685. The molecule has 2 N–H and O–H groups in total. The topological polar surface area (TPSA) is 41.5 Å². The van der Waals surface area contributed by atoms with E-state index in [4.69, 9.17) is 9.84 Å². The van der Waals surface area contributed by atoms with Gasteiger partial charge in [0.25, 0.3) is 0 Å². The van der Waals surface area contributed by atoms with E-state index in [1.54, 1.807) is 7.11 Å². The average molecular weight is 189 g/mol. The second kappa shape index (κ2) is 7.30. The normalized spacial score (nSPS) is 16.2. The van der Waals surface area contributed by atoms with Crippen molar-refractivity contribution in [2.24, 2.45) is 5.92 Å². The Hall–Kier alpha value is -0.120. The lowest BCUT2D eigenvalue weighted by Crippen LogP contribution is -2.42. The molecule has 0 aliphatic rings. The fraction of sp³-hybridized carbons (Fsp3) is 1.00. The van der Waals surface area contributed by atoms with E-state index in [2.05, 4.69) is 26.1 Å². The average Bonchev–Trinajstić information content (AvgIpc) is 2.02. The van der Waals surface area contributed by atoms with Crippen molar-refractivity contribution in [1.29, 1.82) is 0 Å². The Kier molecular flexibility index (Phi) is 7.23. The Bertz CT molecular complexity index is 117. The zero-order valence-electron chi connectivity index (χ0n) is 9.21. The Morgan fingerprint density at radius 3 is 2.31 bits per heavy atom. The molecular weight excluding hydrogens is 166 g/mol. The van der Waals surface area contributed by atoms with Crippen molar-refractivity contribution in [3.63, 3.8) is 0 Å². The molecule has 0 aromatic carbocycles. The largest absolute Gasteiger partial charge is 0.395 e. The summed E-state index contributed by atoms with van der Waals surface area (Å²) in [6.07, 6.45) is 1.13. The van der Waals surface area contributed by atoms with Crippen molar-refractivity contribution >= 4 is 0 Å². The molecule has 0 saturated carbocycles. The molecule has 0 aliphatic carbocycles. The van der Waals surface area contributed by atoms with E-state index in [1.165, 1.54) is 0 Å². The molecule has 0 rings (SSSR count). The van der Waals surface area contributed by atoms with Gasteiger partial charge in [0, 0.05) is 13.2 Å². The molecule has 13 heavy (non-hydrogen) atoms. The lowest BCUT2D eigenvalue weighted by molar-refractivity contribution is 0.121. The highest BCUT2D eigenvalue weighted by Crippen LogP contribution is 2.04. The highest BCUT2D eigenvalue weighted by Gasteiger charge is 2.11. The highest BCUT2D eigenvalue weighted by atomic mass is 16.5. The van der Waals surface area contributed by atoms with Gasteiger partial charge in [-0.2, -0.15) is 0 Å². The maximum Gasteiger partial charge on any atom is 0.0638 e. The lowest BCUT2D eigenvalue weighted by Gasteiger charge is -2.22. The molecule has 80 valence electrons. The van der Waals surface area contributed by atoms with E-state index in [9.17, 15) is 0 Å². The van der Waals surface area contributed by atoms with Gasteiger partial charge in [-0.3, -0.25) is 0 Å². The minimum atomic E-state index is 0.0683. The minimum absolute atomic E-state index is 0.0683. The molecule has 0 aliphatic heterocycles. The van der Waals surface area contributed by atoms with Crippen molar-refractivity contribution < 1.29 is 9.84 Å². The fourth-order valence-electron chi connectivity index (χ4n) is 1.53. The van der Waals surface area contributed by atoms with Gasteiger partial charge in [0.05, 0.1) is 19.3 Å². The molecule has 0 aromatic heterocycles. The summed E-state index contributed by atoms with van der Waals surface area (Å²) in [7, 11) is 1.65.